The predicted molar refractivity (Wildman–Crippen MR) is 80.0 cm³/mol. The molecular formula is C17H12ClFO. The standard InChI is InChI=1S/C17H12ClFO/c18-11-12-8-9-17(15(19)10-12)20-16-7-3-5-13-4-1-2-6-14(13)16/h1-10H,11H2. The minimum Gasteiger partial charge on any atom is -0.454 e. The molecule has 0 unspecified atom stereocenters. The number of alkyl halides is 1. The van der Waals surface area contributed by atoms with E-state index in [2.05, 4.69) is 0 Å². The Hall–Kier alpha value is -2.06. The van der Waals surface area contributed by atoms with Gasteiger partial charge >= 0.3 is 0 Å². The average molecular weight is 287 g/mol. The number of ether oxygens (including phenoxy) is 1. The zero-order valence-electron chi connectivity index (χ0n) is 10.6. The van der Waals surface area contributed by atoms with Crippen LogP contribution in [0.15, 0.2) is 60.7 Å². The first-order valence-electron chi connectivity index (χ1n) is 6.28. The quantitative estimate of drug-likeness (QED) is 0.577. The van der Waals surface area contributed by atoms with Crippen LogP contribution in [0.4, 0.5) is 4.39 Å². The molecule has 0 saturated carbocycles. The number of benzene rings is 3. The van der Waals surface area contributed by atoms with Gasteiger partial charge in [0.25, 0.3) is 0 Å². The molecule has 3 heteroatoms. The minimum absolute atomic E-state index is 0.204. The Kier molecular flexibility index (Phi) is 3.57. The van der Waals surface area contributed by atoms with Crippen molar-refractivity contribution in [2.75, 3.05) is 0 Å². The molecule has 0 amide bonds. The molecule has 1 nitrogen and oxygen atoms in total. The number of fused-ring (bicyclic) bond motifs is 1. The van der Waals surface area contributed by atoms with Crippen molar-refractivity contribution >= 4 is 22.4 Å². The Morgan fingerprint density at radius 2 is 1.70 bits per heavy atom. The van der Waals surface area contributed by atoms with Crippen LogP contribution in [0.1, 0.15) is 5.56 Å². The Morgan fingerprint density at radius 3 is 2.50 bits per heavy atom. The molecule has 0 aliphatic heterocycles. The lowest BCUT2D eigenvalue weighted by Gasteiger charge is -2.10. The van der Waals surface area contributed by atoms with Crippen molar-refractivity contribution in [2.45, 2.75) is 5.88 Å². The fraction of sp³-hybridized carbons (Fsp3) is 0.0588. The van der Waals surface area contributed by atoms with Crippen LogP contribution in [-0.2, 0) is 5.88 Å². The van der Waals surface area contributed by atoms with E-state index < -0.39 is 5.82 Å². The molecule has 0 aromatic heterocycles. The fourth-order valence-electron chi connectivity index (χ4n) is 2.11. The molecule has 0 saturated heterocycles. The third-order valence-corrected chi connectivity index (χ3v) is 3.43. The summed E-state index contributed by atoms with van der Waals surface area (Å²) < 4.78 is 19.6. The van der Waals surface area contributed by atoms with Crippen molar-refractivity contribution in [3.63, 3.8) is 0 Å². The molecule has 3 aromatic carbocycles. The molecule has 0 aliphatic carbocycles. The van der Waals surface area contributed by atoms with Gasteiger partial charge in [-0.05, 0) is 29.1 Å². The van der Waals surface area contributed by atoms with Gasteiger partial charge in [0.1, 0.15) is 5.75 Å². The molecule has 0 aliphatic rings. The van der Waals surface area contributed by atoms with Crippen molar-refractivity contribution in [3.05, 3.63) is 72.0 Å². The Morgan fingerprint density at radius 1 is 0.900 bits per heavy atom. The molecule has 3 aromatic rings. The van der Waals surface area contributed by atoms with E-state index in [-0.39, 0.29) is 11.6 Å². The lowest BCUT2D eigenvalue weighted by atomic mass is 10.1. The van der Waals surface area contributed by atoms with Gasteiger partial charge in [-0.3, -0.25) is 0 Å². The molecule has 0 bridgehead atoms. The van der Waals surface area contributed by atoms with Crippen LogP contribution in [0, 0.1) is 5.82 Å². The van der Waals surface area contributed by atoms with Gasteiger partial charge in [0.05, 0.1) is 0 Å². The first-order chi connectivity index (χ1) is 9.78. The SMILES string of the molecule is Fc1cc(CCl)ccc1Oc1cccc2ccccc12. The molecule has 0 heterocycles. The van der Waals surface area contributed by atoms with Crippen molar-refractivity contribution in [1.82, 2.24) is 0 Å². The first kappa shape index (κ1) is 12.9. The van der Waals surface area contributed by atoms with Gasteiger partial charge < -0.3 is 4.74 Å². The lowest BCUT2D eigenvalue weighted by molar-refractivity contribution is 0.446. The molecule has 0 fully saturated rings. The number of hydrogen-bond donors (Lipinski definition) is 0. The van der Waals surface area contributed by atoms with Crippen LogP contribution in [0.25, 0.3) is 10.8 Å². The minimum atomic E-state index is -0.406. The maximum atomic E-state index is 13.9. The predicted octanol–water partition coefficient (Wildman–Crippen LogP) is 5.51. The van der Waals surface area contributed by atoms with Crippen molar-refractivity contribution in [3.8, 4) is 11.5 Å². The van der Waals surface area contributed by atoms with Crippen molar-refractivity contribution < 1.29 is 9.13 Å². The zero-order chi connectivity index (χ0) is 13.9. The second-order valence-electron chi connectivity index (χ2n) is 4.48. The van der Waals surface area contributed by atoms with Gasteiger partial charge in [-0.25, -0.2) is 4.39 Å². The Bertz CT molecular complexity index is 750. The van der Waals surface area contributed by atoms with Crippen LogP contribution >= 0.6 is 11.6 Å². The smallest absolute Gasteiger partial charge is 0.166 e. The molecule has 0 spiro atoms. The zero-order valence-corrected chi connectivity index (χ0v) is 11.4. The van der Waals surface area contributed by atoms with Gasteiger partial charge in [-0.15, -0.1) is 11.6 Å². The summed E-state index contributed by atoms with van der Waals surface area (Å²) in [5, 5.41) is 2.01. The Balaban J connectivity index is 2.01. The van der Waals surface area contributed by atoms with Crippen molar-refractivity contribution in [1.29, 1.82) is 0 Å². The molecule has 100 valence electrons. The summed E-state index contributed by atoms with van der Waals surface area (Å²) >= 11 is 5.68. The first-order valence-corrected chi connectivity index (χ1v) is 6.81. The van der Waals surface area contributed by atoms with Gasteiger partial charge in [0.2, 0.25) is 0 Å². The summed E-state index contributed by atoms with van der Waals surface area (Å²) in [6.45, 7) is 0. The van der Waals surface area contributed by atoms with E-state index in [0.29, 0.717) is 5.75 Å². The van der Waals surface area contributed by atoms with E-state index >= 15 is 0 Å². The molecule has 0 N–H and O–H groups in total. The maximum absolute atomic E-state index is 13.9. The highest BCUT2D eigenvalue weighted by Gasteiger charge is 2.08. The second kappa shape index (κ2) is 5.51. The van der Waals surface area contributed by atoms with Gasteiger partial charge in [-0.1, -0.05) is 42.5 Å². The van der Waals surface area contributed by atoms with E-state index in [9.17, 15) is 4.39 Å². The molecule has 3 rings (SSSR count). The van der Waals surface area contributed by atoms with Crippen LogP contribution in [0.5, 0.6) is 11.5 Å². The molecular weight excluding hydrogens is 275 g/mol. The fourth-order valence-corrected chi connectivity index (χ4v) is 2.28. The highest BCUT2D eigenvalue weighted by atomic mass is 35.5. The lowest BCUT2D eigenvalue weighted by Crippen LogP contribution is -1.91. The van der Waals surface area contributed by atoms with Crippen LogP contribution < -0.4 is 4.74 Å². The number of hydrogen-bond acceptors (Lipinski definition) is 1. The largest absolute Gasteiger partial charge is 0.454 e. The maximum Gasteiger partial charge on any atom is 0.166 e. The van der Waals surface area contributed by atoms with Gasteiger partial charge in [0, 0.05) is 11.3 Å². The second-order valence-corrected chi connectivity index (χ2v) is 4.75. The molecule has 0 radical (unpaired) electrons. The summed E-state index contributed by atoms with van der Waals surface area (Å²) in [6, 6.07) is 18.3. The molecule has 20 heavy (non-hydrogen) atoms. The highest BCUT2D eigenvalue weighted by molar-refractivity contribution is 6.17. The van der Waals surface area contributed by atoms with E-state index in [4.69, 9.17) is 16.3 Å². The third-order valence-electron chi connectivity index (χ3n) is 3.12. The van der Waals surface area contributed by atoms with E-state index in [1.54, 1.807) is 12.1 Å². The monoisotopic (exact) mass is 286 g/mol. The topological polar surface area (TPSA) is 9.23 Å². The summed E-state index contributed by atoms with van der Waals surface area (Å²) in [4.78, 5) is 0. The Labute approximate surface area is 121 Å². The van der Waals surface area contributed by atoms with Gasteiger partial charge in [0.15, 0.2) is 11.6 Å². The summed E-state index contributed by atoms with van der Waals surface area (Å²) in [6.07, 6.45) is 0. The van der Waals surface area contributed by atoms with Crippen molar-refractivity contribution in [2.24, 2.45) is 0 Å². The van der Waals surface area contributed by atoms with E-state index in [1.807, 2.05) is 42.5 Å². The number of halogens is 2. The number of rotatable bonds is 3. The van der Waals surface area contributed by atoms with Gasteiger partial charge in [-0.2, -0.15) is 0 Å². The average Bonchev–Trinajstić information content (AvgIpc) is 2.49. The van der Waals surface area contributed by atoms with Crippen LogP contribution in [0.3, 0.4) is 0 Å². The summed E-state index contributed by atoms with van der Waals surface area (Å²) in [5.74, 6) is 0.720. The normalized spacial score (nSPS) is 10.7. The summed E-state index contributed by atoms with van der Waals surface area (Å²) in [7, 11) is 0. The van der Waals surface area contributed by atoms with E-state index in [0.717, 1.165) is 16.3 Å². The third kappa shape index (κ3) is 2.47. The van der Waals surface area contributed by atoms with Crippen LogP contribution in [0.2, 0.25) is 0 Å². The highest BCUT2D eigenvalue weighted by Crippen LogP contribution is 2.31. The molecule has 0 atom stereocenters. The van der Waals surface area contributed by atoms with E-state index in [1.165, 1.54) is 6.07 Å². The van der Waals surface area contributed by atoms with Crippen LogP contribution in [-0.4, -0.2) is 0 Å². The summed E-state index contributed by atoms with van der Waals surface area (Å²) in [5.41, 5.74) is 0.731.